The number of carboxylic acids is 1. The summed E-state index contributed by atoms with van der Waals surface area (Å²) in [6, 6.07) is 5.89. The van der Waals surface area contributed by atoms with Gasteiger partial charge in [0.15, 0.2) is 17.4 Å². The van der Waals surface area contributed by atoms with Gasteiger partial charge in [0.25, 0.3) is 0 Å². The van der Waals surface area contributed by atoms with E-state index in [1.165, 1.54) is 12.1 Å². The van der Waals surface area contributed by atoms with Crippen LogP contribution in [0, 0.1) is 51.5 Å². The molecule has 0 spiro atoms. The first-order valence-corrected chi connectivity index (χ1v) is 8.62. The quantitative estimate of drug-likeness (QED) is 0.808. The van der Waals surface area contributed by atoms with Crippen LogP contribution in [0.3, 0.4) is 0 Å². The van der Waals surface area contributed by atoms with Gasteiger partial charge < -0.3 is 10.8 Å². The van der Waals surface area contributed by atoms with Gasteiger partial charge in [0.2, 0.25) is 0 Å². The van der Waals surface area contributed by atoms with Crippen LogP contribution in [0.5, 0.6) is 0 Å². The maximum Gasteiger partial charge on any atom is 0.307 e. The second-order valence-electron chi connectivity index (χ2n) is 7.21. The number of hydrogen-bond donors (Lipinski definition) is 2. The summed E-state index contributed by atoms with van der Waals surface area (Å²) >= 11 is 0. The van der Waals surface area contributed by atoms with E-state index >= 15 is 0 Å². The summed E-state index contributed by atoms with van der Waals surface area (Å²) in [6.07, 6.45) is 0.642. The summed E-state index contributed by atoms with van der Waals surface area (Å²) in [5, 5.41) is 19.5. The molecule has 2 aliphatic carbocycles. The molecule has 2 aliphatic rings. The van der Waals surface area contributed by atoms with Gasteiger partial charge in [0, 0.05) is 5.41 Å². The number of Topliss-reactive ketones (excluding diaryl/α,β-unsaturated/α-hetero) is 1. The molecular weight excluding hydrogens is 342 g/mol. The molecule has 138 valence electrons. The van der Waals surface area contributed by atoms with E-state index in [0.29, 0.717) is 12.8 Å². The zero-order valence-electron chi connectivity index (χ0n) is 14.3. The van der Waals surface area contributed by atoms with Gasteiger partial charge in [-0.2, -0.15) is 5.26 Å². The predicted octanol–water partition coefficient (Wildman–Crippen LogP) is 2.29. The molecule has 3 N–H and O–H groups in total. The van der Waals surface area contributed by atoms with Gasteiger partial charge >= 0.3 is 5.97 Å². The van der Waals surface area contributed by atoms with E-state index in [0.717, 1.165) is 6.07 Å². The third-order valence-electron chi connectivity index (χ3n) is 6.55. The van der Waals surface area contributed by atoms with Crippen molar-refractivity contribution in [3.63, 3.8) is 0 Å². The van der Waals surface area contributed by atoms with Crippen LogP contribution in [-0.4, -0.2) is 23.4 Å². The minimum absolute atomic E-state index is 0.00647. The zero-order chi connectivity index (χ0) is 19.3. The van der Waals surface area contributed by atoms with E-state index in [9.17, 15) is 28.7 Å². The van der Waals surface area contributed by atoms with Gasteiger partial charge in [-0.1, -0.05) is 19.1 Å². The van der Waals surface area contributed by atoms with Crippen molar-refractivity contribution in [3.8, 4) is 6.07 Å². The summed E-state index contributed by atoms with van der Waals surface area (Å²) in [6.45, 7) is 1.37. The van der Waals surface area contributed by atoms with Crippen molar-refractivity contribution in [2.24, 2.45) is 34.3 Å². The van der Waals surface area contributed by atoms with Gasteiger partial charge in [-0.25, -0.2) is 8.78 Å². The van der Waals surface area contributed by atoms with E-state index in [2.05, 4.69) is 6.07 Å². The van der Waals surface area contributed by atoms with Gasteiger partial charge in [-0.05, 0) is 42.7 Å². The maximum absolute atomic E-state index is 14.1. The Kier molecular flexibility index (Phi) is 4.35. The number of carbonyl (C=O) groups excluding carboxylic acids is 1. The van der Waals surface area contributed by atoms with Crippen molar-refractivity contribution in [3.05, 3.63) is 35.4 Å². The average Bonchev–Trinajstić information content (AvgIpc) is 3.20. The van der Waals surface area contributed by atoms with Crippen molar-refractivity contribution in [2.45, 2.75) is 26.2 Å². The fourth-order valence-corrected chi connectivity index (χ4v) is 5.53. The monoisotopic (exact) mass is 362 g/mol. The highest BCUT2D eigenvalue weighted by Crippen LogP contribution is 2.79. The number of hydrogen-bond acceptors (Lipinski definition) is 4. The van der Waals surface area contributed by atoms with Crippen molar-refractivity contribution in [1.29, 1.82) is 5.26 Å². The third kappa shape index (κ3) is 2.08. The van der Waals surface area contributed by atoms with Gasteiger partial charge in [-0.3, -0.25) is 9.59 Å². The fourth-order valence-electron chi connectivity index (χ4n) is 5.53. The second-order valence-corrected chi connectivity index (χ2v) is 7.21. The van der Waals surface area contributed by atoms with Crippen molar-refractivity contribution >= 4 is 11.8 Å². The molecule has 0 bridgehead atoms. The number of aliphatic carboxylic acids is 1. The minimum atomic E-state index is -1.59. The molecule has 0 heterocycles. The Morgan fingerprint density at radius 2 is 2.12 bits per heavy atom. The van der Waals surface area contributed by atoms with Crippen LogP contribution < -0.4 is 5.73 Å². The lowest BCUT2D eigenvalue weighted by Crippen LogP contribution is -2.48. The molecule has 1 aromatic rings. The van der Waals surface area contributed by atoms with E-state index < -0.39 is 52.6 Å². The van der Waals surface area contributed by atoms with Gasteiger partial charge in [-0.15, -0.1) is 0 Å². The van der Waals surface area contributed by atoms with Crippen LogP contribution in [0.2, 0.25) is 0 Å². The molecule has 5 unspecified atom stereocenters. The Bertz CT molecular complexity index is 821. The fraction of sp³-hybridized carbons (Fsp3) is 0.526. The Morgan fingerprint density at radius 1 is 1.42 bits per heavy atom. The Balaban J connectivity index is 2.07. The maximum atomic E-state index is 14.1. The molecular formula is C19H20F2N2O3. The number of carbonyl (C=O) groups is 2. The van der Waals surface area contributed by atoms with Crippen LogP contribution in [0.15, 0.2) is 18.2 Å². The van der Waals surface area contributed by atoms with Crippen LogP contribution in [0.1, 0.15) is 25.3 Å². The number of benzene rings is 1. The molecule has 2 fully saturated rings. The van der Waals surface area contributed by atoms with E-state index in [4.69, 9.17) is 5.73 Å². The number of carboxylic acid groups (broad SMARTS) is 1. The number of fused-ring (bicyclic) bond motifs is 1. The first kappa shape index (κ1) is 18.5. The second kappa shape index (κ2) is 6.13. The minimum Gasteiger partial charge on any atom is -0.481 e. The normalized spacial score (nSPS) is 34.8. The molecule has 0 aliphatic heterocycles. The molecule has 2 saturated carbocycles. The Hall–Kier alpha value is -2.33. The lowest BCUT2D eigenvalue weighted by molar-refractivity contribution is -0.142. The topological polar surface area (TPSA) is 104 Å². The Labute approximate surface area is 149 Å². The first-order valence-electron chi connectivity index (χ1n) is 8.62. The van der Waals surface area contributed by atoms with Crippen molar-refractivity contribution < 1.29 is 23.5 Å². The predicted molar refractivity (Wildman–Crippen MR) is 87.6 cm³/mol. The molecule has 1 aromatic carbocycles. The van der Waals surface area contributed by atoms with E-state index in [-0.39, 0.29) is 17.9 Å². The smallest absolute Gasteiger partial charge is 0.307 e. The lowest BCUT2D eigenvalue weighted by Gasteiger charge is -2.37. The highest BCUT2D eigenvalue weighted by molar-refractivity contribution is 5.94. The number of rotatable bonds is 6. The van der Waals surface area contributed by atoms with E-state index in [1.54, 1.807) is 6.92 Å². The van der Waals surface area contributed by atoms with Crippen molar-refractivity contribution in [1.82, 2.24) is 0 Å². The number of nitrogens with zero attached hydrogens (tertiary/aromatic N) is 1. The highest BCUT2D eigenvalue weighted by Gasteiger charge is 2.83. The van der Waals surface area contributed by atoms with Gasteiger partial charge in [0.05, 0.1) is 18.5 Å². The lowest BCUT2D eigenvalue weighted by atomic mass is 9.61. The molecule has 5 atom stereocenters. The summed E-state index contributed by atoms with van der Waals surface area (Å²) in [7, 11) is 0. The molecule has 5 nitrogen and oxygen atoms in total. The van der Waals surface area contributed by atoms with Crippen LogP contribution in [0.25, 0.3) is 0 Å². The third-order valence-corrected chi connectivity index (χ3v) is 6.55. The van der Waals surface area contributed by atoms with Crippen LogP contribution >= 0.6 is 0 Å². The molecule has 7 heteroatoms. The largest absolute Gasteiger partial charge is 0.481 e. The summed E-state index contributed by atoms with van der Waals surface area (Å²) in [4.78, 5) is 24.4. The highest BCUT2D eigenvalue weighted by atomic mass is 19.2. The average molecular weight is 362 g/mol. The van der Waals surface area contributed by atoms with Crippen molar-refractivity contribution in [2.75, 3.05) is 6.54 Å². The summed E-state index contributed by atoms with van der Waals surface area (Å²) in [5.41, 5.74) is 3.06. The van der Waals surface area contributed by atoms with E-state index in [1.807, 2.05) is 0 Å². The summed E-state index contributed by atoms with van der Waals surface area (Å²) < 4.78 is 27.7. The molecule has 26 heavy (non-hydrogen) atoms. The first-order chi connectivity index (χ1) is 12.3. The van der Waals surface area contributed by atoms with Crippen LogP contribution in [0.4, 0.5) is 8.78 Å². The molecule has 0 saturated heterocycles. The van der Waals surface area contributed by atoms with Crippen LogP contribution in [-0.2, 0) is 16.0 Å². The number of halogens is 2. The molecule has 0 aromatic heterocycles. The molecule has 3 rings (SSSR count). The number of nitriles is 1. The van der Waals surface area contributed by atoms with Gasteiger partial charge in [0.1, 0.15) is 5.41 Å². The Morgan fingerprint density at radius 3 is 2.65 bits per heavy atom. The number of nitrogens with two attached hydrogens (primary N) is 1. The summed E-state index contributed by atoms with van der Waals surface area (Å²) in [5.74, 6) is -5.25. The SMILES string of the molecule is CCC12C(CC(Cc3cccc(F)c3F)C1(C#N)C(=O)CN)C2C(=O)O. The standard InChI is InChI=1S/C19H20F2N2O3/c1-2-18-12(15(18)17(25)26)7-11(19(18,9-23)14(24)8-22)6-10-4-3-5-13(20)16(10)21/h3-5,11-12,15H,2,6-8,22H2,1H3,(H,25,26). The molecule has 0 amide bonds. The number of ketones is 1. The zero-order valence-corrected chi connectivity index (χ0v) is 14.3. The molecule has 0 radical (unpaired) electrons.